The summed E-state index contributed by atoms with van der Waals surface area (Å²) in [4.78, 5) is 20.3. The number of aromatic nitrogens is 4. The molecule has 5 heteroatoms. The minimum Gasteiger partial charge on any atom is -0.356 e. The highest BCUT2D eigenvalue weighted by atomic mass is 15.2. The van der Waals surface area contributed by atoms with Crippen LogP contribution in [0.15, 0.2) is 60.9 Å². The van der Waals surface area contributed by atoms with Crippen LogP contribution in [0.5, 0.6) is 0 Å². The summed E-state index contributed by atoms with van der Waals surface area (Å²) in [6.07, 6.45) is 7.03. The van der Waals surface area contributed by atoms with Gasteiger partial charge < -0.3 is 9.88 Å². The average molecular weight is 448 g/mol. The van der Waals surface area contributed by atoms with Crippen LogP contribution < -0.4 is 4.90 Å². The van der Waals surface area contributed by atoms with Crippen molar-refractivity contribution < 1.29 is 0 Å². The number of rotatable bonds is 4. The number of hydrogen-bond donors (Lipinski definition) is 1. The minimum atomic E-state index is 0.445. The maximum atomic E-state index is 5.00. The monoisotopic (exact) mass is 447 g/mol. The van der Waals surface area contributed by atoms with Crippen LogP contribution in [-0.2, 0) is 6.42 Å². The van der Waals surface area contributed by atoms with Crippen molar-refractivity contribution in [3.8, 4) is 11.3 Å². The van der Waals surface area contributed by atoms with Gasteiger partial charge in [-0.1, -0.05) is 60.2 Å². The Bertz CT molecular complexity index is 1340. The number of allylic oxidation sites excluding steroid dienone is 1. The zero-order valence-corrected chi connectivity index (χ0v) is 19.8. The standard InChI is InChI=1S/C29H29N5/c1-19-8-10-21(11-9-19)24-16-25-26(17-24)30-18-31-29(25)34-14-12-23(13-15-34)28-32-20(2)27(33-28)22-6-4-3-5-7-22/h3-11,16,18,23H,12-15,17H2,1-2H3,(H,32,33). The fraction of sp³-hybridized carbons (Fsp3) is 0.276. The van der Waals surface area contributed by atoms with E-state index < -0.39 is 0 Å². The lowest BCUT2D eigenvalue weighted by Crippen LogP contribution is -2.34. The van der Waals surface area contributed by atoms with Crippen LogP contribution in [0, 0.1) is 13.8 Å². The maximum Gasteiger partial charge on any atom is 0.139 e. The lowest BCUT2D eigenvalue weighted by molar-refractivity contribution is 0.486. The van der Waals surface area contributed by atoms with Gasteiger partial charge in [0.25, 0.3) is 0 Å². The highest BCUT2D eigenvalue weighted by molar-refractivity contribution is 5.91. The highest BCUT2D eigenvalue weighted by Gasteiger charge is 2.28. The van der Waals surface area contributed by atoms with Gasteiger partial charge in [-0.2, -0.15) is 0 Å². The van der Waals surface area contributed by atoms with E-state index in [1.807, 2.05) is 6.07 Å². The van der Waals surface area contributed by atoms with E-state index in [1.54, 1.807) is 6.33 Å². The number of fused-ring (bicyclic) bond motifs is 1. The van der Waals surface area contributed by atoms with Crippen molar-refractivity contribution in [2.24, 2.45) is 0 Å². The van der Waals surface area contributed by atoms with E-state index in [-0.39, 0.29) is 0 Å². The number of aromatic amines is 1. The first kappa shape index (κ1) is 20.8. The van der Waals surface area contributed by atoms with Crippen LogP contribution in [0.4, 0.5) is 5.82 Å². The smallest absolute Gasteiger partial charge is 0.139 e. The largest absolute Gasteiger partial charge is 0.356 e. The molecule has 1 aliphatic carbocycles. The Kier molecular flexibility index (Phi) is 5.25. The van der Waals surface area contributed by atoms with Gasteiger partial charge in [0, 0.05) is 42.2 Å². The van der Waals surface area contributed by atoms with E-state index in [9.17, 15) is 0 Å². The number of imidazole rings is 1. The molecule has 1 fully saturated rings. The molecule has 0 saturated carbocycles. The molecule has 0 bridgehead atoms. The van der Waals surface area contributed by atoms with Gasteiger partial charge in [-0.05, 0) is 43.9 Å². The quantitative estimate of drug-likeness (QED) is 0.419. The second kappa shape index (κ2) is 8.56. The molecule has 2 aromatic heterocycles. The third kappa shape index (κ3) is 3.81. The molecule has 0 amide bonds. The molecule has 4 aromatic rings. The lowest BCUT2D eigenvalue weighted by Gasteiger charge is -2.32. The Morgan fingerprint density at radius 1 is 0.882 bits per heavy atom. The van der Waals surface area contributed by atoms with Gasteiger partial charge in [0.1, 0.15) is 18.0 Å². The minimum absolute atomic E-state index is 0.445. The molecular weight excluding hydrogens is 418 g/mol. The molecule has 0 spiro atoms. The molecule has 2 aliphatic rings. The van der Waals surface area contributed by atoms with Crippen molar-refractivity contribution in [2.45, 2.75) is 39.0 Å². The summed E-state index contributed by atoms with van der Waals surface area (Å²) in [7, 11) is 0. The molecule has 1 N–H and O–H groups in total. The first-order valence-corrected chi connectivity index (χ1v) is 12.1. The summed E-state index contributed by atoms with van der Waals surface area (Å²) in [6.45, 7) is 6.20. The Balaban J connectivity index is 1.20. The van der Waals surface area contributed by atoms with Crippen LogP contribution in [0.3, 0.4) is 0 Å². The van der Waals surface area contributed by atoms with Gasteiger partial charge in [-0.3, -0.25) is 0 Å². The van der Waals surface area contributed by atoms with Crippen LogP contribution >= 0.6 is 0 Å². The zero-order valence-electron chi connectivity index (χ0n) is 19.8. The van der Waals surface area contributed by atoms with E-state index >= 15 is 0 Å². The van der Waals surface area contributed by atoms with Crippen LogP contribution in [0.1, 0.15) is 52.7 Å². The molecule has 0 unspecified atom stereocenters. The van der Waals surface area contributed by atoms with E-state index in [1.165, 1.54) is 27.8 Å². The Morgan fingerprint density at radius 2 is 1.65 bits per heavy atom. The summed E-state index contributed by atoms with van der Waals surface area (Å²) >= 11 is 0. The third-order valence-corrected chi connectivity index (χ3v) is 7.18. The van der Waals surface area contributed by atoms with E-state index in [4.69, 9.17) is 9.97 Å². The zero-order chi connectivity index (χ0) is 23.1. The Labute approximate surface area is 200 Å². The predicted molar refractivity (Wildman–Crippen MR) is 138 cm³/mol. The number of nitrogens with one attached hydrogen (secondary N) is 1. The molecule has 170 valence electrons. The van der Waals surface area contributed by atoms with Crippen molar-refractivity contribution >= 4 is 17.5 Å². The summed E-state index contributed by atoms with van der Waals surface area (Å²) in [5.41, 5.74) is 9.60. The summed E-state index contributed by atoms with van der Waals surface area (Å²) in [5.74, 6) is 2.64. The fourth-order valence-corrected chi connectivity index (χ4v) is 5.24. The molecule has 1 saturated heterocycles. The SMILES string of the molecule is Cc1ccc(C2=Cc3c(ncnc3N3CCC(c4nc(-c5ccccc5)c(C)[nH]4)CC3)C2)cc1. The Morgan fingerprint density at radius 3 is 2.41 bits per heavy atom. The number of anilines is 1. The summed E-state index contributed by atoms with van der Waals surface area (Å²) < 4.78 is 0. The molecule has 34 heavy (non-hydrogen) atoms. The number of H-pyrrole nitrogens is 1. The number of nitrogens with zero attached hydrogens (tertiary/aromatic N) is 4. The predicted octanol–water partition coefficient (Wildman–Crippen LogP) is 5.96. The van der Waals surface area contributed by atoms with Gasteiger partial charge in [0.05, 0.1) is 11.4 Å². The van der Waals surface area contributed by atoms with Crippen molar-refractivity contribution in [1.29, 1.82) is 0 Å². The molecule has 6 rings (SSSR count). The topological polar surface area (TPSA) is 57.7 Å². The normalized spacial score (nSPS) is 15.9. The average Bonchev–Trinajstić information content (AvgIpc) is 3.49. The van der Waals surface area contributed by atoms with Crippen molar-refractivity contribution in [3.05, 3.63) is 94.8 Å². The first-order chi connectivity index (χ1) is 16.7. The number of benzene rings is 2. The van der Waals surface area contributed by atoms with Crippen molar-refractivity contribution in [3.63, 3.8) is 0 Å². The van der Waals surface area contributed by atoms with Crippen LogP contribution in [0.25, 0.3) is 22.9 Å². The maximum absolute atomic E-state index is 5.00. The van der Waals surface area contributed by atoms with Gasteiger partial charge in [0.15, 0.2) is 0 Å². The lowest BCUT2D eigenvalue weighted by atomic mass is 9.96. The van der Waals surface area contributed by atoms with Gasteiger partial charge >= 0.3 is 0 Å². The van der Waals surface area contributed by atoms with Crippen molar-refractivity contribution in [2.75, 3.05) is 18.0 Å². The first-order valence-electron chi connectivity index (χ1n) is 12.1. The van der Waals surface area contributed by atoms with Gasteiger partial charge in [-0.15, -0.1) is 0 Å². The second-order valence-corrected chi connectivity index (χ2v) is 9.49. The second-order valence-electron chi connectivity index (χ2n) is 9.49. The molecule has 3 heterocycles. The third-order valence-electron chi connectivity index (χ3n) is 7.18. The van der Waals surface area contributed by atoms with Crippen molar-refractivity contribution in [1.82, 2.24) is 19.9 Å². The van der Waals surface area contributed by atoms with E-state index in [2.05, 4.69) is 83.3 Å². The Hall–Kier alpha value is -3.73. The highest BCUT2D eigenvalue weighted by Crippen LogP contribution is 2.37. The molecule has 5 nitrogen and oxygen atoms in total. The number of piperidine rings is 1. The number of hydrogen-bond acceptors (Lipinski definition) is 4. The molecule has 0 atom stereocenters. The van der Waals surface area contributed by atoms with Crippen LogP contribution in [0.2, 0.25) is 0 Å². The van der Waals surface area contributed by atoms with Gasteiger partial charge in [0.2, 0.25) is 0 Å². The molecule has 0 radical (unpaired) electrons. The van der Waals surface area contributed by atoms with E-state index in [0.29, 0.717) is 5.92 Å². The molecule has 1 aliphatic heterocycles. The van der Waals surface area contributed by atoms with Gasteiger partial charge in [-0.25, -0.2) is 15.0 Å². The van der Waals surface area contributed by atoms with E-state index in [0.717, 1.165) is 61.1 Å². The molecular formula is C29H29N5. The molecule has 2 aromatic carbocycles. The fourth-order valence-electron chi connectivity index (χ4n) is 5.24. The summed E-state index contributed by atoms with van der Waals surface area (Å²) in [5, 5.41) is 0. The van der Waals surface area contributed by atoms with Crippen LogP contribution in [-0.4, -0.2) is 33.0 Å². The summed E-state index contributed by atoms with van der Waals surface area (Å²) in [6, 6.07) is 19.2. The number of aryl methyl sites for hydroxylation is 2.